The summed E-state index contributed by atoms with van der Waals surface area (Å²) in [7, 11) is 1.59. The van der Waals surface area contributed by atoms with E-state index in [0.717, 1.165) is 11.4 Å². The maximum Gasteiger partial charge on any atom is 0.251 e. The first-order chi connectivity index (χ1) is 13.1. The number of halogens is 1. The monoisotopic (exact) mass is 363 g/mol. The molecular weight excluding hydrogens is 345 g/mol. The summed E-state index contributed by atoms with van der Waals surface area (Å²) in [4.78, 5) is 16.1. The van der Waals surface area contributed by atoms with Crippen LogP contribution in [0.4, 0.5) is 16.0 Å². The van der Waals surface area contributed by atoms with E-state index >= 15 is 0 Å². The number of amides is 1. The number of aromatic nitrogens is 3. The van der Waals surface area contributed by atoms with E-state index in [2.05, 4.69) is 20.7 Å². The fourth-order valence-electron chi connectivity index (χ4n) is 2.80. The molecule has 4 rings (SSSR count). The van der Waals surface area contributed by atoms with Crippen molar-refractivity contribution in [2.24, 2.45) is 0 Å². The molecule has 6 nitrogen and oxygen atoms in total. The van der Waals surface area contributed by atoms with E-state index < -0.39 is 0 Å². The van der Waals surface area contributed by atoms with E-state index in [9.17, 15) is 9.18 Å². The van der Waals surface area contributed by atoms with Crippen molar-refractivity contribution in [1.29, 1.82) is 0 Å². The van der Waals surface area contributed by atoms with Crippen molar-refractivity contribution in [3.05, 3.63) is 78.1 Å². The number of nitrogens with one attached hydrogen (secondary N) is 2. The van der Waals surface area contributed by atoms with Gasteiger partial charge in [-0.25, -0.2) is 8.91 Å². The molecule has 2 aromatic carbocycles. The molecule has 0 aliphatic heterocycles. The summed E-state index contributed by atoms with van der Waals surface area (Å²) >= 11 is 0. The van der Waals surface area contributed by atoms with E-state index in [1.165, 1.54) is 12.1 Å². The smallest absolute Gasteiger partial charge is 0.251 e. The number of anilines is 2. The Balaban J connectivity index is 0.00000225. The summed E-state index contributed by atoms with van der Waals surface area (Å²) in [5.41, 5.74) is 3.42. The van der Waals surface area contributed by atoms with Gasteiger partial charge in [-0.05, 0) is 48.5 Å². The number of rotatable bonds is 4. The highest BCUT2D eigenvalue weighted by atomic mass is 19.1. The quantitative estimate of drug-likeness (QED) is 0.577. The summed E-state index contributed by atoms with van der Waals surface area (Å²) in [6.45, 7) is 0. The van der Waals surface area contributed by atoms with Crippen molar-refractivity contribution in [1.82, 2.24) is 19.9 Å². The molecule has 4 aromatic rings. The second kappa shape index (κ2) is 6.87. The standard InChI is InChI=1S/C20H16FN5O.H2/c1-22-19(27)13-8-10-16(11-9-13)23-20-24-18-7-3-6-17(26(18)25-20)14-4-2-5-15(21)12-14;/h2-12H,1H3,(H,22,27)(H,23,25);1H. The Morgan fingerprint density at radius 3 is 2.59 bits per heavy atom. The SMILES string of the molecule is CNC(=O)c1ccc(Nc2nc3cccc(-c4cccc(F)c4)n3n2)cc1.[HH]. The first-order valence-electron chi connectivity index (χ1n) is 8.35. The van der Waals surface area contributed by atoms with E-state index in [4.69, 9.17) is 0 Å². The maximum absolute atomic E-state index is 13.6. The van der Waals surface area contributed by atoms with Crippen LogP contribution < -0.4 is 10.6 Å². The van der Waals surface area contributed by atoms with Crippen LogP contribution in [0.3, 0.4) is 0 Å². The average Bonchev–Trinajstić information content (AvgIpc) is 3.10. The Morgan fingerprint density at radius 1 is 1.07 bits per heavy atom. The third-order valence-electron chi connectivity index (χ3n) is 4.11. The van der Waals surface area contributed by atoms with Gasteiger partial charge in [0.1, 0.15) is 5.82 Å². The molecule has 0 unspecified atom stereocenters. The predicted octanol–water partition coefficient (Wildman–Crippen LogP) is 3.88. The molecule has 0 saturated carbocycles. The molecule has 0 radical (unpaired) electrons. The minimum Gasteiger partial charge on any atom is -0.355 e. The topological polar surface area (TPSA) is 71.3 Å². The predicted molar refractivity (Wildman–Crippen MR) is 104 cm³/mol. The first-order valence-corrected chi connectivity index (χ1v) is 8.35. The number of benzene rings is 2. The summed E-state index contributed by atoms with van der Waals surface area (Å²) in [6.07, 6.45) is 0. The highest BCUT2D eigenvalue weighted by Crippen LogP contribution is 2.22. The number of fused-ring (bicyclic) bond motifs is 1. The molecule has 27 heavy (non-hydrogen) atoms. The summed E-state index contributed by atoms with van der Waals surface area (Å²) < 4.78 is 15.2. The van der Waals surface area contributed by atoms with Crippen LogP contribution in [0, 0.1) is 5.82 Å². The zero-order valence-electron chi connectivity index (χ0n) is 14.5. The van der Waals surface area contributed by atoms with Crippen molar-refractivity contribution >= 4 is 23.2 Å². The average molecular weight is 363 g/mol. The lowest BCUT2D eigenvalue weighted by Gasteiger charge is -2.04. The molecule has 0 aliphatic carbocycles. The van der Waals surface area contributed by atoms with Crippen molar-refractivity contribution in [2.45, 2.75) is 0 Å². The van der Waals surface area contributed by atoms with Crippen molar-refractivity contribution in [2.75, 3.05) is 12.4 Å². The molecule has 136 valence electrons. The molecule has 2 aromatic heterocycles. The van der Waals surface area contributed by atoms with Gasteiger partial charge in [0.2, 0.25) is 5.95 Å². The van der Waals surface area contributed by atoms with Gasteiger partial charge in [-0.1, -0.05) is 18.2 Å². The first kappa shape index (κ1) is 16.7. The van der Waals surface area contributed by atoms with Gasteiger partial charge in [0.05, 0.1) is 5.69 Å². The van der Waals surface area contributed by atoms with E-state index in [-0.39, 0.29) is 13.2 Å². The minimum absolute atomic E-state index is 0. The Morgan fingerprint density at radius 2 is 1.85 bits per heavy atom. The molecule has 0 spiro atoms. The van der Waals surface area contributed by atoms with Crippen molar-refractivity contribution in [3.8, 4) is 11.3 Å². The van der Waals surface area contributed by atoms with Crippen LogP contribution in [0.2, 0.25) is 0 Å². The third kappa shape index (κ3) is 3.35. The van der Waals surface area contributed by atoms with E-state index in [0.29, 0.717) is 22.7 Å². The van der Waals surface area contributed by atoms with E-state index in [1.54, 1.807) is 41.9 Å². The molecule has 0 aliphatic rings. The van der Waals surface area contributed by atoms with Gasteiger partial charge in [0.15, 0.2) is 5.65 Å². The number of hydrogen-bond acceptors (Lipinski definition) is 4. The van der Waals surface area contributed by atoms with Gasteiger partial charge in [-0.2, -0.15) is 4.98 Å². The third-order valence-corrected chi connectivity index (χ3v) is 4.11. The maximum atomic E-state index is 13.6. The largest absolute Gasteiger partial charge is 0.355 e. The van der Waals surface area contributed by atoms with Crippen LogP contribution in [-0.2, 0) is 0 Å². The number of pyridine rings is 1. The number of hydrogen-bond donors (Lipinski definition) is 2. The molecule has 1 amide bonds. The minimum atomic E-state index is -0.306. The lowest BCUT2D eigenvalue weighted by Crippen LogP contribution is -2.17. The lowest BCUT2D eigenvalue weighted by atomic mass is 10.1. The van der Waals surface area contributed by atoms with E-state index in [1.807, 2.05) is 24.3 Å². The normalized spacial score (nSPS) is 10.7. The van der Waals surface area contributed by atoms with Crippen LogP contribution in [0.25, 0.3) is 16.9 Å². The van der Waals surface area contributed by atoms with Gasteiger partial charge in [0.25, 0.3) is 5.91 Å². The number of carbonyl (C=O) groups excluding carboxylic acids is 1. The molecule has 2 heterocycles. The molecular formula is C20H18FN5O. The fraction of sp³-hybridized carbons (Fsp3) is 0.0500. The molecule has 0 atom stereocenters. The zero-order chi connectivity index (χ0) is 18.8. The Bertz CT molecular complexity index is 1130. The zero-order valence-corrected chi connectivity index (χ0v) is 14.5. The van der Waals surface area contributed by atoms with Crippen LogP contribution in [0.1, 0.15) is 11.8 Å². The molecule has 0 saturated heterocycles. The van der Waals surface area contributed by atoms with Crippen LogP contribution in [0.5, 0.6) is 0 Å². The van der Waals surface area contributed by atoms with Gasteiger partial charge in [-0.3, -0.25) is 4.79 Å². The number of nitrogens with zero attached hydrogens (tertiary/aromatic N) is 3. The number of carbonyl (C=O) groups is 1. The Hall–Kier alpha value is -3.74. The molecule has 0 bridgehead atoms. The lowest BCUT2D eigenvalue weighted by molar-refractivity contribution is 0.0963. The van der Waals surface area contributed by atoms with Gasteiger partial charge >= 0.3 is 0 Å². The van der Waals surface area contributed by atoms with Crippen LogP contribution >= 0.6 is 0 Å². The molecule has 7 heteroatoms. The fourth-order valence-corrected chi connectivity index (χ4v) is 2.80. The summed E-state index contributed by atoms with van der Waals surface area (Å²) in [5, 5.41) is 10.2. The Labute approximate surface area is 156 Å². The van der Waals surface area contributed by atoms with Crippen molar-refractivity contribution < 1.29 is 10.6 Å². The molecule has 2 N–H and O–H groups in total. The highest BCUT2D eigenvalue weighted by Gasteiger charge is 2.10. The van der Waals surface area contributed by atoms with Gasteiger partial charge < -0.3 is 10.6 Å². The Kier molecular flexibility index (Phi) is 4.25. The van der Waals surface area contributed by atoms with Crippen molar-refractivity contribution in [3.63, 3.8) is 0 Å². The summed E-state index contributed by atoms with van der Waals surface area (Å²) in [5.74, 6) is -0.0436. The summed E-state index contributed by atoms with van der Waals surface area (Å²) in [6, 6.07) is 18.9. The van der Waals surface area contributed by atoms with Gasteiger partial charge in [-0.15, -0.1) is 5.10 Å². The highest BCUT2D eigenvalue weighted by molar-refractivity contribution is 5.94. The molecule has 0 fully saturated rings. The van der Waals surface area contributed by atoms with Gasteiger partial charge in [0, 0.05) is 25.3 Å². The van der Waals surface area contributed by atoms with Crippen LogP contribution in [-0.4, -0.2) is 27.6 Å². The second-order valence-corrected chi connectivity index (χ2v) is 5.91. The van der Waals surface area contributed by atoms with Crippen LogP contribution in [0.15, 0.2) is 66.7 Å². The second-order valence-electron chi connectivity index (χ2n) is 5.91.